The Labute approximate surface area is 151 Å². The summed E-state index contributed by atoms with van der Waals surface area (Å²) in [5.41, 5.74) is 2.94. The molecule has 0 atom stereocenters. The van der Waals surface area contributed by atoms with Crippen molar-refractivity contribution < 1.29 is 9.32 Å². The van der Waals surface area contributed by atoms with Gasteiger partial charge in [0.15, 0.2) is 11.5 Å². The molecule has 6 nitrogen and oxygen atoms in total. The minimum Gasteiger partial charge on any atom is -0.355 e. The lowest BCUT2D eigenvalue weighted by Crippen LogP contribution is -2.26. The van der Waals surface area contributed by atoms with E-state index >= 15 is 0 Å². The molecular formula is C18H19ClN4O2. The molecule has 3 aromatic rings. The molecule has 3 rings (SSSR count). The summed E-state index contributed by atoms with van der Waals surface area (Å²) in [5, 5.41) is 8.79. The van der Waals surface area contributed by atoms with Crippen LogP contribution in [0.3, 0.4) is 0 Å². The monoisotopic (exact) mass is 358 g/mol. The number of amides is 1. The lowest BCUT2D eigenvalue weighted by atomic mass is 10.1. The van der Waals surface area contributed by atoms with Crippen LogP contribution in [0.5, 0.6) is 0 Å². The van der Waals surface area contributed by atoms with Crippen LogP contribution in [0, 0.1) is 6.92 Å². The molecule has 25 heavy (non-hydrogen) atoms. The average Bonchev–Trinajstić information content (AvgIpc) is 3.22. The Morgan fingerprint density at radius 1 is 1.32 bits per heavy atom. The molecule has 1 amide bonds. The van der Waals surface area contributed by atoms with Crippen LogP contribution in [0.1, 0.15) is 28.7 Å². The molecule has 130 valence electrons. The van der Waals surface area contributed by atoms with Gasteiger partial charge in [-0.1, -0.05) is 46.6 Å². The van der Waals surface area contributed by atoms with Gasteiger partial charge in [0.25, 0.3) is 5.91 Å². The maximum Gasteiger partial charge on any atom is 0.276 e. The minimum absolute atomic E-state index is 0.246. The van der Waals surface area contributed by atoms with Crippen molar-refractivity contribution in [3.63, 3.8) is 0 Å². The smallest absolute Gasteiger partial charge is 0.276 e. The Morgan fingerprint density at radius 2 is 2.04 bits per heavy atom. The van der Waals surface area contributed by atoms with E-state index in [1.54, 1.807) is 24.0 Å². The number of aromatic nitrogens is 3. The summed E-state index contributed by atoms with van der Waals surface area (Å²) in [6.45, 7) is 5.01. The number of carbonyl (C=O) groups is 1. The molecule has 0 bridgehead atoms. The van der Waals surface area contributed by atoms with Crippen LogP contribution in [0.2, 0.25) is 5.02 Å². The molecule has 0 N–H and O–H groups in total. The third-order valence-corrected chi connectivity index (χ3v) is 4.23. The van der Waals surface area contributed by atoms with Crippen molar-refractivity contribution in [3.8, 4) is 11.3 Å². The van der Waals surface area contributed by atoms with Crippen molar-refractivity contribution in [2.45, 2.75) is 26.9 Å². The summed E-state index contributed by atoms with van der Waals surface area (Å²) in [6.07, 6.45) is 1.75. The summed E-state index contributed by atoms with van der Waals surface area (Å²) in [6, 6.07) is 9.49. The summed E-state index contributed by atoms with van der Waals surface area (Å²) in [5.74, 6) is 0.314. The lowest BCUT2D eigenvalue weighted by Gasteiger charge is -2.14. The number of carbonyl (C=O) groups excluding carboxylic acids is 1. The highest BCUT2D eigenvalue weighted by Gasteiger charge is 2.20. The minimum atomic E-state index is -0.246. The summed E-state index contributed by atoms with van der Waals surface area (Å²) < 4.78 is 7.05. The molecule has 0 radical (unpaired) electrons. The second-order valence-corrected chi connectivity index (χ2v) is 6.29. The van der Waals surface area contributed by atoms with Crippen LogP contribution in [-0.4, -0.2) is 32.8 Å². The summed E-state index contributed by atoms with van der Waals surface area (Å²) >= 11 is 6.16. The van der Waals surface area contributed by atoms with E-state index in [-0.39, 0.29) is 11.6 Å². The van der Waals surface area contributed by atoms with Gasteiger partial charge in [-0.2, -0.15) is 5.10 Å². The SMILES string of the molecule is CCn1cc(Cl)c(CN(C)C(=O)c2cc(-c3ccc(C)cc3)on2)n1. The zero-order chi connectivity index (χ0) is 18.0. The van der Waals surface area contributed by atoms with Crippen molar-refractivity contribution in [1.29, 1.82) is 0 Å². The van der Waals surface area contributed by atoms with Gasteiger partial charge >= 0.3 is 0 Å². The quantitative estimate of drug-likeness (QED) is 0.696. The third-order valence-electron chi connectivity index (χ3n) is 3.91. The highest BCUT2D eigenvalue weighted by Crippen LogP contribution is 2.22. The molecule has 0 unspecified atom stereocenters. The van der Waals surface area contributed by atoms with Crippen LogP contribution in [0.4, 0.5) is 0 Å². The van der Waals surface area contributed by atoms with Crippen LogP contribution >= 0.6 is 11.6 Å². The predicted molar refractivity (Wildman–Crippen MR) is 95.4 cm³/mol. The van der Waals surface area contributed by atoms with Gasteiger partial charge in [0.1, 0.15) is 5.69 Å². The molecule has 2 heterocycles. The van der Waals surface area contributed by atoms with Crippen LogP contribution in [0.15, 0.2) is 41.1 Å². The highest BCUT2D eigenvalue weighted by atomic mass is 35.5. The maximum absolute atomic E-state index is 12.6. The first-order valence-electron chi connectivity index (χ1n) is 7.99. The maximum atomic E-state index is 12.6. The molecule has 0 aliphatic heterocycles. The van der Waals surface area contributed by atoms with Crippen molar-refractivity contribution in [2.75, 3.05) is 7.05 Å². The van der Waals surface area contributed by atoms with Gasteiger partial charge in [0.2, 0.25) is 0 Å². The van der Waals surface area contributed by atoms with E-state index in [9.17, 15) is 4.79 Å². The number of hydrogen-bond acceptors (Lipinski definition) is 4. The first kappa shape index (κ1) is 17.2. The number of nitrogens with zero attached hydrogens (tertiary/aromatic N) is 4. The molecule has 1 aromatic carbocycles. The second-order valence-electron chi connectivity index (χ2n) is 5.88. The molecule has 0 saturated carbocycles. The largest absolute Gasteiger partial charge is 0.355 e. The number of hydrogen-bond donors (Lipinski definition) is 0. The van der Waals surface area contributed by atoms with Gasteiger partial charge < -0.3 is 9.42 Å². The van der Waals surface area contributed by atoms with Crippen molar-refractivity contribution in [2.24, 2.45) is 0 Å². The van der Waals surface area contributed by atoms with Crippen molar-refractivity contribution in [3.05, 3.63) is 58.5 Å². The predicted octanol–water partition coefficient (Wildman–Crippen LogP) is 3.79. The highest BCUT2D eigenvalue weighted by molar-refractivity contribution is 6.31. The Balaban J connectivity index is 1.74. The van der Waals surface area contributed by atoms with E-state index in [1.807, 2.05) is 38.1 Å². The van der Waals surface area contributed by atoms with Crippen molar-refractivity contribution in [1.82, 2.24) is 19.8 Å². The van der Waals surface area contributed by atoms with Gasteiger partial charge in [-0.05, 0) is 13.8 Å². The van der Waals surface area contributed by atoms with Crippen LogP contribution in [-0.2, 0) is 13.1 Å². The summed E-state index contributed by atoms with van der Waals surface area (Å²) in [4.78, 5) is 14.1. The first-order valence-corrected chi connectivity index (χ1v) is 8.36. The lowest BCUT2D eigenvalue weighted by molar-refractivity contribution is 0.0773. The van der Waals surface area contributed by atoms with Gasteiger partial charge in [-0.15, -0.1) is 0 Å². The van der Waals surface area contributed by atoms with E-state index in [4.69, 9.17) is 16.1 Å². The standard InChI is InChI=1S/C18H19ClN4O2/c1-4-23-10-14(19)16(20-23)11-22(3)18(24)15-9-17(25-21-15)13-7-5-12(2)6-8-13/h5-10H,4,11H2,1-3H3. The Hall–Kier alpha value is -2.60. The van der Waals surface area contributed by atoms with Crippen LogP contribution in [0.25, 0.3) is 11.3 Å². The molecule has 0 spiro atoms. The zero-order valence-corrected chi connectivity index (χ0v) is 15.1. The van der Waals surface area contributed by atoms with Gasteiger partial charge in [-0.3, -0.25) is 9.48 Å². The topological polar surface area (TPSA) is 64.2 Å². The average molecular weight is 359 g/mol. The van der Waals surface area contributed by atoms with Gasteiger partial charge in [-0.25, -0.2) is 0 Å². The van der Waals surface area contributed by atoms with E-state index in [0.29, 0.717) is 23.0 Å². The fourth-order valence-corrected chi connectivity index (χ4v) is 2.64. The molecule has 0 aliphatic carbocycles. The van der Waals surface area contributed by atoms with Gasteiger partial charge in [0, 0.05) is 31.4 Å². The molecule has 7 heteroatoms. The Bertz CT molecular complexity index is 883. The third kappa shape index (κ3) is 3.74. The Kier molecular flexibility index (Phi) is 4.90. The van der Waals surface area contributed by atoms with Crippen LogP contribution < -0.4 is 0 Å². The second kappa shape index (κ2) is 7.11. The number of benzene rings is 1. The first-order chi connectivity index (χ1) is 12.0. The normalized spacial score (nSPS) is 10.9. The number of aryl methyl sites for hydroxylation is 2. The Morgan fingerprint density at radius 3 is 2.68 bits per heavy atom. The number of halogens is 1. The molecule has 0 fully saturated rings. The van der Waals surface area contributed by atoms with E-state index in [2.05, 4.69) is 10.3 Å². The zero-order valence-electron chi connectivity index (χ0n) is 14.4. The fraction of sp³-hybridized carbons (Fsp3) is 0.278. The van der Waals surface area contributed by atoms with Crippen molar-refractivity contribution >= 4 is 17.5 Å². The van der Waals surface area contributed by atoms with E-state index < -0.39 is 0 Å². The molecular weight excluding hydrogens is 340 g/mol. The number of rotatable bonds is 5. The molecule has 0 aliphatic rings. The van der Waals surface area contributed by atoms with E-state index in [0.717, 1.165) is 17.7 Å². The molecule has 2 aromatic heterocycles. The summed E-state index contributed by atoms with van der Waals surface area (Å²) in [7, 11) is 1.68. The van der Waals surface area contributed by atoms with Gasteiger partial charge in [0.05, 0.1) is 11.6 Å². The fourth-order valence-electron chi connectivity index (χ4n) is 2.43. The molecule has 0 saturated heterocycles. The van der Waals surface area contributed by atoms with E-state index in [1.165, 1.54) is 4.90 Å².